The predicted octanol–water partition coefficient (Wildman–Crippen LogP) is 2.83. The first-order valence-corrected chi connectivity index (χ1v) is 8.88. The lowest BCUT2D eigenvalue weighted by molar-refractivity contribution is -0.126. The molecule has 2 amide bonds. The lowest BCUT2D eigenvalue weighted by Crippen LogP contribution is -2.41. The number of thiophene rings is 1. The van der Waals surface area contributed by atoms with Gasteiger partial charge < -0.3 is 16.4 Å². The van der Waals surface area contributed by atoms with Crippen molar-refractivity contribution in [3.8, 4) is 0 Å². The number of thiocarbonyl (C=S) groups is 1. The lowest BCUT2D eigenvalue weighted by Gasteiger charge is -2.18. The summed E-state index contributed by atoms with van der Waals surface area (Å²) in [5.41, 5.74) is 6.57. The van der Waals surface area contributed by atoms with Gasteiger partial charge in [0.15, 0.2) is 5.11 Å². The Morgan fingerprint density at radius 1 is 1.35 bits per heavy atom. The summed E-state index contributed by atoms with van der Waals surface area (Å²) < 4.78 is 0. The van der Waals surface area contributed by atoms with Crippen LogP contribution < -0.4 is 16.4 Å². The number of nitrogens with two attached hydrogens (primary N) is 1. The first kappa shape index (κ1) is 17.9. The fourth-order valence-electron chi connectivity index (χ4n) is 2.52. The molecular weight excluding hydrogens is 330 g/mol. The van der Waals surface area contributed by atoms with E-state index in [1.165, 1.54) is 16.2 Å². The Balaban J connectivity index is 2.21. The van der Waals surface area contributed by atoms with Gasteiger partial charge in [-0.1, -0.05) is 27.7 Å². The molecule has 23 heavy (non-hydrogen) atoms. The molecule has 0 aliphatic heterocycles. The number of anilines is 1. The number of amides is 2. The highest BCUT2D eigenvalue weighted by molar-refractivity contribution is 7.80. The SMILES string of the molecule is CC1CCc2c(sc(NC(=S)NC(=O)C(C)(C)C)c2C(N)=O)C1. The van der Waals surface area contributed by atoms with Gasteiger partial charge in [0.05, 0.1) is 5.56 Å². The number of hydrogen-bond acceptors (Lipinski definition) is 4. The van der Waals surface area contributed by atoms with Crippen LogP contribution in [0.5, 0.6) is 0 Å². The van der Waals surface area contributed by atoms with Gasteiger partial charge in [0.1, 0.15) is 5.00 Å². The van der Waals surface area contributed by atoms with Crippen molar-refractivity contribution in [2.24, 2.45) is 17.1 Å². The van der Waals surface area contributed by atoms with Crippen LogP contribution in [0.25, 0.3) is 0 Å². The Morgan fingerprint density at radius 2 is 2.00 bits per heavy atom. The molecule has 1 aliphatic rings. The largest absolute Gasteiger partial charge is 0.365 e. The molecule has 0 fully saturated rings. The third kappa shape index (κ3) is 4.09. The van der Waals surface area contributed by atoms with Crippen molar-refractivity contribution < 1.29 is 9.59 Å². The average molecular weight is 354 g/mol. The van der Waals surface area contributed by atoms with E-state index in [0.29, 0.717) is 16.5 Å². The first-order chi connectivity index (χ1) is 10.6. The summed E-state index contributed by atoms with van der Waals surface area (Å²) in [6.07, 6.45) is 2.85. The molecular formula is C16H23N3O2S2. The molecule has 5 nitrogen and oxygen atoms in total. The van der Waals surface area contributed by atoms with E-state index in [1.54, 1.807) is 0 Å². The summed E-state index contributed by atoms with van der Waals surface area (Å²) in [5.74, 6) is -0.0302. The van der Waals surface area contributed by atoms with Crippen LogP contribution in [0.4, 0.5) is 5.00 Å². The molecule has 0 saturated carbocycles. The lowest BCUT2D eigenvalue weighted by atomic mass is 9.88. The number of carbonyl (C=O) groups excluding carboxylic acids is 2. The normalized spacial score (nSPS) is 17.3. The zero-order chi connectivity index (χ0) is 17.4. The molecule has 1 aromatic heterocycles. The summed E-state index contributed by atoms with van der Waals surface area (Å²) in [6, 6.07) is 0. The minimum absolute atomic E-state index is 0.175. The van der Waals surface area contributed by atoms with Crippen LogP contribution in [0.1, 0.15) is 54.9 Å². The van der Waals surface area contributed by atoms with E-state index in [1.807, 2.05) is 20.8 Å². The maximum atomic E-state index is 12.0. The third-order valence-corrected chi connectivity index (χ3v) is 5.27. The zero-order valence-electron chi connectivity index (χ0n) is 13.9. The van der Waals surface area contributed by atoms with Crippen molar-refractivity contribution >= 4 is 45.5 Å². The van der Waals surface area contributed by atoms with E-state index < -0.39 is 11.3 Å². The minimum atomic E-state index is -0.539. The van der Waals surface area contributed by atoms with Crippen LogP contribution in [-0.4, -0.2) is 16.9 Å². The molecule has 0 saturated heterocycles. The number of fused-ring (bicyclic) bond motifs is 1. The van der Waals surface area contributed by atoms with Crippen LogP contribution in [0, 0.1) is 11.3 Å². The Labute approximate surface area is 146 Å². The van der Waals surface area contributed by atoms with E-state index >= 15 is 0 Å². The van der Waals surface area contributed by atoms with E-state index in [4.69, 9.17) is 18.0 Å². The summed E-state index contributed by atoms with van der Waals surface area (Å²) in [7, 11) is 0. The van der Waals surface area contributed by atoms with Crippen molar-refractivity contribution in [2.75, 3.05) is 5.32 Å². The van der Waals surface area contributed by atoms with Gasteiger partial charge in [-0.3, -0.25) is 9.59 Å². The maximum Gasteiger partial charge on any atom is 0.251 e. The molecule has 2 rings (SSSR count). The summed E-state index contributed by atoms with van der Waals surface area (Å²) in [6.45, 7) is 7.63. The van der Waals surface area contributed by atoms with Crippen LogP contribution >= 0.6 is 23.6 Å². The van der Waals surface area contributed by atoms with Crippen LogP contribution in [0.3, 0.4) is 0 Å². The Hall–Kier alpha value is -1.47. The van der Waals surface area contributed by atoms with Gasteiger partial charge in [0, 0.05) is 10.3 Å². The zero-order valence-corrected chi connectivity index (χ0v) is 15.5. The van der Waals surface area contributed by atoms with Gasteiger partial charge in [-0.15, -0.1) is 11.3 Å². The van der Waals surface area contributed by atoms with Crippen LogP contribution in [-0.2, 0) is 17.6 Å². The van der Waals surface area contributed by atoms with Crippen molar-refractivity contribution in [2.45, 2.75) is 47.0 Å². The summed E-state index contributed by atoms with van der Waals surface area (Å²) in [4.78, 5) is 25.0. The number of hydrogen-bond donors (Lipinski definition) is 3. The van der Waals surface area contributed by atoms with Gasteiger partial charge in [0.25, 0.3) is 5.91 Å². The second kappa shape index (κ2) is 6.57. The minimum Gasteiger partial charge on any atom is -0.365 e. The van der Waals surface area contributed by atoms with Gasteiger partial charge in [-0.2, -0.15) is 0 Å². The highest BCUT2D eigenvalue weighted by atomic mass is 32.1. The molecule has 1 unspecified atom stereocenters. The smallest absolute Gasteiger partial charge is 0.251 e. The molecule has 1 aliphatic carbocycles. The van der Waals surface area contributed by atoms with Crippen molar-refractivity contribution in [1.29, 1.82) is 0 Å². The monoisotopic (exact) mass is 353 g/mol. The summed E-state index contributed by atoms with van der Waals surface area (Å²) in [5, 5.41) is 6.47. The molecule has 1 heterocycles. The Kier molecular flexibility index (Phi) is 5.10. The quantitative estimate of drug-likeness (QED) is 0.714. The standard InChI is InChI=1S/C16H23N3O2S2/c1-8-5-6-9-10(7-8)23-13(11(9)12(17)20)18-15(22)19-14(21)16(2,3)4/h8H,5-7H2,1-4H3,(H2,17,20)(H2,18,19,21,22). The second-order valence-corrected chi connectivity index (χ2v) is 8.59. The number of nitrogens with one attached hydrogen (secondary N) is 2. The van der Waals surface area contributed by atoms with Crippen LogP contribution in [0.15, 0.2) is 0 Å². The van der Waals surface area contributed by atoms with Gasteiger partial charge in [-0.25, -0.2) is 0 Å². The topological polar surface area (TPSA) is 84.2 Å². The first-order valence-electron chi connectivity index (χ1n) is 7.66. The molecule has 1 aromatic rings. The van der Waals surface area contributed by atoms with E-state index in [0.717, 1.165) is 24.8 Å². The fourth-order valence-corrected chi connectivity index (χ4v) is 4.20. The van der Waals surface area contributed by atoms with Crippen LogP contribution in [0.2, 0.25) is 0 Å². The maximum absolute atomic E-state index is 12.0. The highest BCUT2D eigenvalue weighted by Crippen LogP contribution is 2.39. The average Bonchev–Trinajstić information content (AvgIpc) is 2.73. The summed E-state index contributed by atoms with van der Waals surface area (Å²) >= 11 is 6.71. The number of primary amides is 1. The Morgan fingerprint density at radius 3 is 2.57 bits per heavy atom. The fraction of sp³-hybridized carbons (Fsp3) is 0.562. The van der Waals surface area contributed by atoms with E-state index in [2.05, 4.69) is 17.6 Å². The van der Waals surface area contributed by atoms with Crippen molar-refractivity contribution in [1.82, 2.24) is 5.32 Å². The molecule has 1 atom stereocenters. The molecule has 7 heteroatoms. The predicted molar refractivity (Wildman–Crippen MR) is 97.8 cm³/mol. The van der Waals surface area contributed by atoms with Gasteiger partial charge in [-0.05, 0) is 43.0 Å². The molecule has 4 N–H and O–H groups in total. The number of rotatable bonds is 2. The van der Waals surface area contributed by atoms with Crippen molar-refractivity contribution in [3.05, 3.63) is 16.0 Å². The molecule has 0 bridgehead atoms. The molecule has 0 spiro atoms. The van der Waals surface area contributed by atoms with Gasteiger partial charge in [0.2, 0.25) is 5.91 Å². The van der Waals surface area contributed by atoms with E-state index in [9.17, 15) is 9.59 Å². The molecule has 0 radical (unpaired) electrons. The number of carbonyl (C=O) groups is 2. The highest BCUT2D eigenvalue weighted by Gasteiger charge is 2.27. The third-order valence-electron chi connectivity index (χ3n) is 3.89. The second-order valence-electron chi connectivity index (χ2n) is 7.08. The molecule has 0 aromatic carbocycles. The van der Waals surface area contributed by atoms with Crippen molar-refractivity contribution in [3.63, 3.8) is 0 Å². The van der Waals surface area contributed by atoms with E-state index in [-0.39, 0.29) is 11.0 Å². The molecule has 126 valence electrons. The van der Waals surface area contributed by atoms with Gasteiger partial charge >= 0.3 is 0 Å². The Bertz CT molecular complexity index is 659.